The normalized spacial score (nSPS) is 15.2. The van der Waals surface area contributed by atoms with Crippen LogP contribution in [0.25, 0.3) is 0 Å². The van der Waals surface area contributed by atoms with Crippen molar-refractivity contribution in [1.82, 2.24) is 16.0 Å². The van der Waals surface area contributed by atoms with Crippen molar-refractivity contribution in [3.63, 3.8) is 0 Å². The smallest absolute Gasteiger partial charge is 0.328 e. The number of hydrogen-bond acceptors (Lipinski definition) is 8. The summed E-state index contributed by atoms with van der Waals surface area (Å²) >= 11 is 3.06. The molecule has 7 N–H and O–H groups in total. The molecule has 0 bridgehead atoms. The zero-order valence-corrected chi connectivity index (χ0v) is 21.9. The molecule has 1 aromatic rings. The second-order valence-electron chi connectivity index (χ2n) is 8.05. The summed E-state index contributed by atoms with van der Waals surface area (Å²) in [4.78, 5) is 50.1. The monoisotopic (exact) mass is 528 g/mol. The molecule has 3 amide bonds. The van der Waals surface area contributed by atoms with Crippen molar-refractivity contribution < 1.29 is 29.4 Å². The molecule has 5 atom stereocenters. The standard InChI is InChI=1S/C23H36N4O6S2/c1-14(28)19(23(32)33)27-22(31)18(13-15-7-5-4-6-8-15)26-21(30)17(10-12-35-3)25-20(29)16(24)9-11-34-2/h4-8,14,16-19,28H,9-13,24H2,1-3H3,(H,25,29)(H,26,30)(H,27,31)(H,32,33). The Labute approximate surface area is 214 Å². The van der Waals surface area contributed by atoms with Gasteiger partial charge in [-0.3, -0.25) is 14.4 Å². The van der Waals surface area contributed by atoms with Crippen LogP contribution < -0.4 is 21.7 Å². The van der Waals surface area contributed by atoms with Crippen LogP contribution in [-0.2, 0) is 25.6 Å². The fraction of sp³-hybridized carbons (Fsp3) is 0.565. The molecular weight excluding hydrogens is 492 g/mol. The summed E-state index contributed by atoms with van der Waals surface area (Å²) in [6, 6.07) is 4.54. The number of nitrogens with one attached hydrogen (secondary N) is 3. The van der Waals surface area contributed by atoms with Gasteiger partial charge < -0.3 is 31.9 Å². The number of aliphatic carboxylic acids is 1. The first-order chi connectivity index (χ1) is 16.6. The van der Waals surface area contributed by atoms with Crippen molar-refractivity contribution in [2.24, 2.45) is 5.73 Å². The number of aliphatic hydroxyl groups excluding tert-OH is 1. The zero-order chi connectivity index (χ0) is 26.4. The Balaban J connectivity index is 3.06. The first-order valence-electron chi connectivity index (χ1n) is 11.2. The number of amides is 3. The second-order valence-corrected chi connectivity index (χ2v) is 10.0. The number of carbonyl (C=O) groups is 4. The highest BCUT2D eigenvalue weighted by Crippen LogP contribution is 2.08. The summed E-state index contributed by atoms with van der Waals surface area (Å²) in [5.74, 6) is -1.92. The number of carboxylic acid groups (broad SMARTS) is 1. The van der Waals surface area contributed by atoms with Gasteiger partial charge in [0.1, 0.15) is 12.1 Å². The molecule has 10 nitrogen and oxygen atoms in total. The first-order valence-corrected chi connectivity index (χ1v) is 14.0. The first kappa shape index (κ1) is 30.8. The van der Waals surface area contributed by atoms with Crippen molar-refractivity contribution in [3.8, 4) is 0 Å². The van der Waals surface area contributed by atoms with Crippen LogP contribution in [0.15, 0.2) is 30.3 Å². The molecule has 196 valence electrons. The van der Waals surface area contributed by atoms with Crippen LogP contribution in [0.1, 0.15) is 25.3 Å². The molecule has 0 spiro atoms. The molecule has 0 aliphatic rings. The Morgan fingerprint density at radius 2 is 1.43 bits per heavy atom. The van der Waals surface area contributed by atoms with Crippen LogP contribution in [0.3, 0.4) is 0 Å². The fourth-order valence-corrected chi connectivity index (χ4v) is 4.09. The third-order valence-corrected chi connectivity index (χ3v) is 6.46. The summed E-state index contributed by atoms with van der Waals surface area (Å²) in [6.45, 7) is 1.25. The van der Waals surface area contributed by atoms with Crippen LogP contribution >= 0.6 is 23.5 Å². The lowest BCUT2D eigenvalue weighted by Gasteiger charge is -2.26. The van der Waals surface area contributed by atoms with E-state index in [1.165, 1.54) is 18.7 Å². The highest BCUT2D eigenvalue weighted by Gasteiger charge is 2.31. The van der Waals surface area contributed by atoms with Gasteiger partial charge in [0, 0.05) is 6.42 Å². The number of aliphatic hydroxyl groups is 1. The van der Waals surface area contributed by atoms with Crippen molar-refractivity contribution >= 4 is 47.2 Å². The van der Waals surface area contributed by atoms with E-state index in [2.05, 4.69) is 16.0 Å². The minimum absolute atomic E-state index is 0.0843. The molecule has 5 unspecified atom stereocenters. The molecule has 0 aliphatic carbocycles. The SMILES string of the molecule is CSCCC(N)C(=O)NC(CCSC)C(=O)NC(Cc1ccccc1)C(=O)NC(C(=O)O)C(C)O. The highest BCUT2D eigenvalue weighted by molar-refractivity contribution is 7.98. The molecule has 0 saturated carbocycles. The van der Waals surface area contributed by atoms with Crippen molar-refractivity contribution in [3.05, 3.63) is 35.9 Å². The van der Waals surface area contributed by atoms with Gasteiger partial charge in [0.15, 0.2) is 6.04 Å². The summed E-state index contributed by atoms with van der Waals surface area (Å²) < 4.78 is 0. The Morgan fingerprint density at radius 1 is 0.886 bits per heavy atom. The lowest BCUT2D eigenvalue weighted by molar-refractivity contribution is -0.145. The number of hydrogen-bond donors (Lipinski definition) is 6. The predicted octanol–water partition coefficient (Wildman–Crippen LogP) is -0.0176. The van der Waals surface area contributed by atoms with Gasteiger partial charge >= 0.3 is 5.97 Å². The molecule has 0 radical (unpaired) electrons. The maximum absolute atomic E-state index is 13.2. The van der Waals surface area contributed by atoms with Gasteiger partial charge in [-0.2, -0.15) is 23.5 Å². The van der Waals surface area contributed by atoms with Crippen LogP contribution in [-0.4, -0.2) is 88.2 Å². The lowest BCUT2D eigenvalue weighted by atomic mass is 10.0. The summed E-state index contributed by atoms with van der Waals surface area (Å²) in [6.07, 6.45) is 3.29. The van der Waals surface area contributed by atoms with Gasteiger partial charge in [-0.25, -0.2) is 4.79 Å². The number of nitrogens with two attached hydrogens (primary N) is 1. The van der Waals surface area contributed by atoms with Gasteiger partial charge in [-0.15, -0.1) is 0 Å². The quantitative estimate of drug-likeness (QED) is 0.173. The Hall–Kier alpha value is -2.28. The van der Waals surface area contributed by atoms with Crippen LogP contribution in [0.4, 0.5) is 0 Å². The minimum Gasteiger partial charge on any atom is -0.480 e. The number of carboxylic acids is 1. The van der Waals surface area contributed by atoms with Crippen LogP contribution in [0, 0.1) is 0 Å². The molecule has 0 aromatic heterocycles. The number of rotatable bonds is 16. The van der Waals surface area contributed by atoms with Crippen molar-refractivity contribution in [2.45, 2.75) is 56.5 Å². The molecule has 0 fully saturated rings. The van der Waals surface area contributed by atoms with Crippen molar-refractivity contribution in [1.29, 1.82) is 0 Å². The molecular formula is C23H36N4O6S2. The van der Waals surface area contributed by atoms with E-state index in [0.29, 0.717) is 24.3 Å². The molecule has 12 heteroatoms. The summed E-state index contributed by atoms with van der Waals surface area (Å²) in [5.41, 5.74) is 6.67. The van der Waals surface area contributed by atoms with E-state index in [-0.39, 0.29) is 6.42 Å². The highest BCUT2D eigenvalue weighted by atomic mass is 32.2. The topological polar surface area (TPSA) is 171 Å². The van der Waals surface area contributed by atoms with E-state index in [9.17, 15) is 29.4 Å². The maximum Gasteiger partial charge on any atom is 0.328 e. The lowest BCUT2D eigenvalue weighted by Crippen LogP contribution is -2.58. The Kier molecular flexibility index (Phi) is 14.4. The Bertz CT molecular complexity index is 827. The van der Waals surface area contributed by atoms with E-state index in [1.807, 2.05) is 12.5 Å². The zero-order valence-electron chi connectivity index (χ0n) is 20.2. The molecule has 1 aromatic carbocycles. The molecule has 0 heterocycles. The molecule has 35 heavy (non-hydrogen) atoms. The van der Waals surface area contributed by atoms with Gasteiger partial charge in [0.2, 0.25) is 17.7 Å². The van der Waals surface area contributed by atoms with Gasteiger partial charge in [0.25, 0.3) is 0 Å². The van der Waals surface area contributed by atoms with Crippen LogP contribution in [0.2, 0.25) is 0 Å². The average Bonchev–Trinajstić information content (AvgIpc) is 2.82. The van der Waals surface area contributed by atoms with Crippen molar-refractivity contribution in [2.75, 3.05) is 24.0 Å². The predicted molar refractivity (Wildman–Crippen MR) is 139 cm³/mol. The van der Waals surface area contributed by atoms with E-state index >= 15 is 0 Å². The van der Waals surface area contributed by atoms with Gasteiger partial charge in [-0.1, -0.05) is 30.3 Å². The summed E-state index contributed by atoms with van der Waals surface area (Å²) in [7, 11) is 0. The molecule has 1 rings (SSSR count). The Morgan fingerprint density at radius 3 is 1.97 bits per heavy atom. The fourth-order valence-electron chi connectivity index (χ4n) is 3.13. The van der Waals surface area contributed by atoms with E-state index in [0.717, 1.165) is 5.56 Å². The molecule has 0 aliphatic heterocycles. The largest absolute Gasteiger partial charge is 0.480 e. The third kappa shape index (κ3) is 11.3. The minimum atomic E-state index is -1.54. The van der Waals surface area contributed by atoms with Gasteiger partial charge in [0.05, 0.1) is 12.1 Å². The molecule has 0 saturated heterocycles. The van der Waals surface area contributed by atoms with E-state index in [1.54, 1.807) is 42.1 Å². The second kappa shape index (κ2) is 16.4. The van der Waals surface area contributed by atoms with E-state index in [4.69, 9.17) is 5.73 Å². The van der Waals surface area contributed by atoms with Gasteiger partial charge in [-0.05, 0) is 49.3 Å². The average molecular weight is 529 g/mol. The number of carbonyl (C=O) groups excluding carboxylic acids is 3. The number of benzene rings is 1. The van der Waals surface area contributed by atoms with E-state index < -0.39 is 54.0 Å². The van der Waals surface area contributed by atoms with Crippen LogP contribution in [0.5, 0.6) is 0 Å². The third-order valence-electron chi connectivity index (χ3n) is 5.18. The summed E-state index contributed by atoms with van der Waals surface area (Å²) in [5, 5.41) is 26.7. The number of thioether (sulfide) groups is 2. The maximum atomic E-state index is 13.2.